The molecule has 0 aliphatic rings. The SMILES string of the molecule is O=C(CC(NCc1ccccc1)C(=O)O)Nc1ccc(O)cc1. The van der Waals surface area contributed by atoms with Gasteiger partial charge in [-0.25, -0.2) is 0 Å². The number of carbonyl (C=O) groups is 2. The van der Waals surface area contributed by atoms with Crippen LogP contribution in [0.1, 0.15) is 12.0 Å². The zero-order valence-corrected chi connectivity index (χ0v) is 12.4. The Labute approximate surface area is 133 Å². The molecule has 0 saturated heterocycles. The van der Waals surface area contributed by atoms with Crippen LogP contribution in [0.25, 0.3) is 0 Å². The molecule has 1 amide bonds. The minimum absolute atomic E-state index is 0.0935. The second-order valence-electron chi connectivity index (χ2n) is 5.06. The minimum atomic E-state index is -1.08. The molecule has 0 aliphatic carbocycles. The molecule has 0 aliphatic heterocycles. The summed E-state index contributed by atoms with van der Waals surface area (Å²) in [6.45, 7) is 0.365. The summed E-state index contributed by atoms with van der Waals surface area (Å²) in [7, 11) is 0. The standard InChI is InChI=1S/C17H18N2O4/c20-14-8-6-13(7-9-14)19-16(21)10-15(17(22)23)18-11-12-4-2-1-3-5-12/h1-9,15,18,20H,10-11H2,(H,19,21)(H,22,23). The molecule has 23 heavy (non-hydrogen) atoms. The van der Waals surface area contributed by atoms with Gasteiger partial charge in [-0.15, -0.1) is 0 Å². The molecule has 0 bridgehead atoms. The van der Waals surface area contributed by atoms with Crippen LogP contribution in [0.15, 0.2) is 54.6 Å². The fourth-order valence-electron chi connectivity index (χ4n) is 2.03. The maximum absolute atomic E-state index is 11.9. The summed E-state index contributed by atoms with van der Waals surface area (Å²) in [5.41, 5.74) is 1.44. The van der Waals surface area contributed by atoms with E-state index in [0.717, 1.165) is 5.56 Å². The van der Waals surface area contributed by atoms with Crippen molar-refractivity contribution in [1.82, 2.24) is 5.32 Å². The van der Waals surface area contributed by atoms with Crippen LogP contribution in [0.4, 0.5) is 5.69 Å². The Morgan fingerprint density at radius 3 is 2.26 bits per heavy atom. The van der Waals surface area contributed by atoms with Crippen LogP contribution >= 0.6 is 0 Å². The largest absolute Gasteiger partial charge is 0.508 e. The van der Waals surface area contributed by atoms with Gasteiger partial charge >= 0.3 is 5.97 Å². The van der Waals surface area contributed by atoms with Gasteiger partial charge < -0.3 is 15.5 Å². The highest BCUT2D eigenvalue weighted by atomic mass is 16.4. The lowest BCUT2D eigenvalue weighted by atomic mass is 10.1. The number of nitrogens with one attached hydrogen (secondary N) is 2. The summed E-state index contributed by atoms with van der Waals surface area (Å²) in [5.74, 6) is -1.40. The molecular weight excluding hydrogens is 296 g/mol. The average Bonchev–Trinajstić information content (AvgIpc) is 2.54. The van der Waals surface area contributed by atoms with Crippen molar-refractivity contribution in [2.75, 3.05) is 5.32 Å². The zero-order valence-electron chi connectivity index (χ0n) is 12.4. The summed E-state index contributed by atoms with van der Waals surface area (Å²) in [4.78, 5) is 23.2. The predicted molar refractivity (Wildman–Crippen MR) is 86.1 cm³/mol. The monoisotopic (exact) mass is 314 g/mol. The van der Waals surface area contributed by atoms with Crippen molar-refractivity contribution < 1.29 is 19.8 Å². The normalized spacial score (nSPS) is 11.7. The first-order valence-electron chi connectivity index (χ1n) is 7.13. The quantitative estimate of drug-likeness (QED) is 0.586. The van der Waals surface area contributed by atoms with Gasteiger partial charge in [0.2, 0.25) is 5.91 Å². The van der Waals surface area contributed by atoms with Crippen molar-refractivity contribution in [3.8, 4) is 5.75 Å². The Bertz CT molecular complexity index is 656. The van der Waals surface area contributed by atoms with Crippen LogP contribution in [-0.4, -0.2) is 28.1 Å². The second kappa shape index (κ2) is 7.95. The van der Waals surface area contributed by atoms with Crippen LogP contribution in [0, 0.1) is 0 Å². The van der Waals surface area contributed by atoms with Gasteiger partial charge in [-0.3, -0.25) is 14.9 Å². The number of carbonyl (C=O) groups excluding carboxylic acids is 1. The fraction of sp³-hybridized carbons (Fsp3) is 0.176. The van der Waals surface area contributed by atoms with Crippen molar-refractivity contribution in [2.45, 2.75) is 19.0 Å². The lowest BCUT2D eigenvalue weighted by molar-refractivity contribution is -0.141. The second-order valence-corrected chi connectivity index (χ2v) is 5.06. The molecular formula is C17H18N2O4. The van der Waals surface area contributed by atoms with Gasteiger partial charge in [-0.05, 0) is 29.8 Å². The van der Waals surface area contributed by atoms with Crippen molar-refractivity contribution in [2.24, 2.45) is 0 Å². The van der Waals surface area contributed by atoms with Crippen LogP contribution in [0.5, 0.6) is 5.75 Å². The highest BCUT2D eigenvalue weighted by molar-refractivity contribution is 5.94. The highest BCUT2D eigenvalue weighted by Crippen LogP contribution is 2.14. The van der Waals surface area contributed by atoms with Crippen molar-refractivity contribution >= 4 is 17.6 Å². The van der Waals surface area contributed by atoms with Gasteiger partial charge in [0.25, 0.3) is 0 Å². The number of benzene rings is 2. The molecule has 120 valence electrons. The summed E-state index contributed by atoms with van der Waals surface area (Å²) in [6.07, 6.45) is -0.191. The molecule has 1 unspecified atom stereocenters. The lowest BCUT2D eigenvalue weighted by Gasteiger charge is -2.14. The molecule has 0 aromatic heterocycles. The van der Waals surface area contributed by atoms with E-state index in [2.05, 4.69) is 10.6 Å². The molecule has 2 rings (SSSR count). The molecule has 0 saturated carbocycles. The van der Waals surface area contributed by atoms with Crippen molar-refractivity contribution in [3.05, 3.63) is 60.2 Å². The summed E-state index contributed by atoms with van der Waals surface area (Å²) in [6, 6.07) is 14.4. The van der Waals surface area contributed by atoms with E-state index in [9.17, 15) is 19.8 Å². The smallest absolute Gasteiger partial charge is 0.321 e. The molecule has 0 spiro atoms. The van der Waals surface area contributed by atoms with Gasteiger partial charge in [-0.2, -0.15) is 0 Å². The summed E-state index contributed by atoms with van der Waals surface area (Å²) >= 11 is 0. The highest BCUT2D eigenvalue weighted by Gasteiger charge is 2.20. The van der Waals surface area contributed by atoms with E-state index in [1.54, 1.807) is 12.1 Å². The first kappa shape index (κ1) is 16.5. The fourth-order valence-corrected chi connectivity index (χ4v) is 2.03. The van der Waals surface area contributed by atoms with Gasteiger partial charge in [0.05, 0.1) is 6.42 Å². The zero-order chi connectivity index (χ0) is 16.7. The number of hydrogen-bond acceptors (Lipinski definition) is 4. The molecule has 2 aromatic carbocycles. The van der Waals surface area contributed by atoms with Gasteiger partial charge in [0, 0.05) is 12.2 Å². The number of rotatable bonds is 7. The van der Waals surface area contributed by atoms with Crippen LogP contribution in [-0.2, 0) is 16.1 Å². The molecule has 0 radical (unpaired) electrons. The number of phenolic OH excluding ortho intramolecular Hbond substituents is 1. The molecule has 1 atom stereocenters. The number of amides is 1. The number of carboxylic acids is 1. The topological polar surface area (TPSA) is 98.7 Å². The van der Waals surface area contributed by atoms with E-state index in [4.69, 9.17) is 0 Å². The van der Waals surface area contributed by atoms with Crippen LogP contribution in [0.2, 0.25) is 0 Å². The van der Waals surface area contributed by atoms with Gasteiger partial charge in [-0.1, -0.05) is 30.3 Å². The Kier molecular flexibility index (Phi) is 5.71. The third-order valence-corrected chi connectivity index (χ3v) is 3.23. The maximum atomic E-state index is 11.9. The van der Waals surface area contributed by atoms with E-state index < -0.39 is 17.9 Å². The van der Waals surface area contributed by atoms with Crippen LogP contribution < -0.4 is 10.6 Å². The Morgan fingerprint density at radius 1 is 1.00 bits per heavy atom. The van der Waals surface area contributed by atoms with E-state index >= 15 is 0 Å². The van der Waals surface area contributed by atoms with E-state index in [-0.39, 0.29) is 12.2 Å². The van der Waals surface area contributed by atoms with E-state index in [1.165, 1.54) is 12.1 Å². The third kappa shape index (κ3) is 5.44. The summed E-state index contributed by atoms with van der Waals surface area (Å²) in [5, 5.41) is 23.9. The molecule has 6 heteroatoms. The molecule has 0 heterocycles. The Morgan fingerprint density at radius 2 is 1.65 bits per heavy atom. The van der Waals surface area contributed by atoms with Crippen molar-refractivity contribution in [3.63, 3.8) is 0 Å². The number of aliphatic carboxylic acids is 1. The molecule has 4 N–H and O–H groups in total. The first-order valence-corrected chi connectivity index (χ1v) is 7.13. The number of anilines is 1. The number of hydrogen-bond donors (Lipinski definition) is 4. The number of aromatic hydroxyl groups is 1. The average molecular weight is 314 g/mol. The Hall–Kier alpha value is -2.86. The lowest BCUT2D eigenvalue weighted by Crippen LogP contribution is -2.39. The minimum Gasteiger partial charge on any atom is -0.508 e. The van der Waals surface area contributed by atoms with Gasteiger partial charge in [0.15, 0.2) is 0 Å². The van der Waals surface area contributed by atoms with E-state index in [0.29, 0.717) is 12.2 Å². The molecule has 0 fully saturated rings. The van der Waals surface area contributed by atoms with Gasteiger partial charge in [0.1, 0.15) is 11.8 Å². The van der Waals surface area contributed by atoms with Crippen molar-refractivity contribution in [1.29, 1.82) is 0 Å². The predicted octanol–water partition coefficient (Wildman–Crippen LogP) is 1.96. The summed E-state index contributed by atoms with van der Waals surface area (Å²) < 4.78 is 0. The number of carboxylic acid groups (broad SMARTS) is 1. The first-order chi connectivity index (χ1) is 11.0. The maximum Gasteiger partial charge on any atom is 0.321 e. The van der Waals surface area contributed by atoms with E-state index in [1.807, 2.05) is 30.3 Å². The number of phenols is 1. The Balaban J connectivity index is 1.89. The van der Waals surface area contributed by atoms with Crippen LogP contribution in [0.3, 0.4) is 0 Å². The third-order valence-electron chi connectivity index (χ3n) is 3.23. The molecule has 6 nitrogen and oxygen atoms in total. The molecule has 2 aromatic rings.